The Morgan fingerprint density at radius 3 is 2.80 bits per heavy atom. The number of piperidine rings is 1. The lowest BCUT2D eigenvalue weighted by molar-refractivity contribution is -0.120. The molecule has 0 aliphatic carbocycles. The largest absolute Gasteiger partial charge is 0.300 e. The molecule has 12 heteroatoms. The number of carbonyl (C=O) groups excluding carboxylic acids is 1. The zero-order valence-corrected chi connectivity index (χ0v) is 19.1. The lowest BCUT2D eigenvalue weighted by Gasteiger charge is -2.30. The van der Waals surface area contributed by atoms with Crippen LogP contribution < -0.4 is 5.32 Å². The van der Waals surface area contributed by atoms with Crippen LogP contribution in [0.15, 0.2) is 35.2 Å². The Morgan fingerprint density at radius 2 is 2.13 bits per heavy atom. The number of rotatable bonds is 8. The molecule has 2 heterocycles. The van der Waals surface area contributed by atoms with Crippen molar-refractivity contribution in [3.05, 3.63) is 47.3 Å². The minimum Gasteiger partial charge on any atom is -0.300 e. The molecule has 1 saturated heterocycles. The number of benzene rings is 1. The first-order chi connectivity index (χ1) is 14.3. The Hall–Kier alpha value is -1.53. The molecule has 1 aromatic carbocycles. The Bertz CT molecular complexity index is 1000. The average Bonchev–Trinajstić information content (AvgIpc) is 3.16. The van der Waals surface area contributed by atoms with Crippen LogP contribution in [0, 0.1) is 11.7 Å². The minimum absolute atomic E-state index is 0.0413. The molecule has 0 bridgehead atoms. The summed E-state index contributed by atoms with van der Waals surface area (Å²) in [5.74, 6) is -0.996. The van der Waals surface area contributed by atoms with Crippen molar-refractivity contribution in [2.24, 2.45) is 5.92 Å². The van der Waals surface area contributed by atoms with E-state index in [2.05, 4.69) is 22.1 Å². The van der Waals surface area contributed by atoms with Crippen LogP contribution in [-0.2, 0) is 20.6 Å². The van der Waals surface area contributed by atoms with Crippen LogP contribution in [0.1, 0.15) is 18.4 Å². The quantitative estimate of drug-likeness (QED) is 0.344. The second kappa shape index (κ2) is 10.2. The number of nitrogens with one attached hydrogen (secondary N) is 1. The lowest BCUT2D eigenvalue weighted by Crippen LogP contribution is -2.42. The standard InChI is InChI=1S/C18H20ClFN4O3S3/c1-2-10-28-18-23-22-17(29-18)21-16(25)12-6-8-24(9-7-12)30(26,27)11-13-14(19)4-3-5-15(13)20/h2-5,12H,1,6-11H2,(H,21,22,25). The number of aromatic nitrogens is 2. The van der Waals surface area contributed by atoms with Crippen molar-refractivity contribution in [1.82, 2.24) is 14.5 Å². The first-order valence-electron chi connectivity index (χ1n) is 9.09. The van der Waals surface area contributed by atoms with Crippen molar-refractivity contribution in [3.8, 4) is 0 Å². The number of sulfonamides is 1. The van der Waals surface area contributed by atoms with Gasteiger partial charge in [-0.15, -0.1) is 16.8 Å². The molecule has 1 N–H and O–H groups in total. The van der Waals surface area contributed by atoms with Crippen LogP contribution in [0.4, 0.5) is 9.52 Å². The van der Waals surface area contributed by atoms with Crippen molar-refractivity contribution in [2.75, 3.05) is 24.2 Å². The predicted octanol–water partition coefficient (Wildman–Crippen LogP) is 3.79. The molecule has 7 nitrogen and oxygen atoms in total. The second-order valence-corrected chi connectivity index (χ2v) is 11.2. The van der Waals surface area contributed by atoms with E-state index in [0.29, 0.717) is 23.7 Å². The molecule has 1 amide bonds. The molecule has 30 heavy (non-hydrogen) atoms. The normalized spacial score (nSPS) is 15.8. The van der Waals surface area contributed by atoms with Crippen molar-refractivity contribution < 1.29 is 17.6 Å². The van der Waals surface area contributed by atoms with E-state index in [1.807, 2.05) is 0 Å². The molecule has 3 rings (SSSR count). The highest BCUT2D eigenvalue weighted by Gasteiger charge is 2.32. The minimum atomic E-state index is -3.75. The molecule has 0 radical (unpaired) electrons. The molecule has 0 spiro atoms. The Labute approximate surface area is 187 Å². The van der Waals surface area contributed by atoms with Gasteiger partial charge in [-0.2, -0.15) is 0 Å². The fraction of sp³-hybridized carbons (Fsp3) is 0.389. The van der Waals surface area contributed by atoms with Crippen LogP contribution in [-0.4, -0.2) is 47.7 Å². The van der Waals surface area contributed by atoms with E-state index in [0.717, 1.165) is 4.34 Å². The summed E-state index contributed by atoms with van der Waals surface area (Å²) in [5, 5.41) is 11.2. The van der Waals surface area contributed by atoms with Gasteiger partial charge < -0.3 is 5.32 Å². The SMILES string of the molecule is C=CCSc1nnc(NC(=O)C2CCN(S(=O)(=O)Cc3c(F)cccc3Cl)CC2)s1. The summed E-state index contributed by atoms with van der Waals surface area (Å²) in [7, 11) is -3.75. The van der Waals surface area contributed by atoms with E-state index in [9.17, 15) is 17.6 Å². The Morgan fingerprint density at radius 1 is 1.40 bits per heavy atom. The third kappa shape index (κ3) is 5.79. The van der Waals surface area contributed by atoms with Crippen LogP contribution in [0.25, 0.3) is 0 Å². The topological polar surface area (TPSA) is 92.3 Å². The monoisotopic (exact) mass is 490 g/mol. The third-order valence-corrected chi connectivity index (χ3v) is 8.70. The van der Waals surface area contributed by atoms with Gasteiger partial charge in [0.2, 0.25) is 21.1 Å². The molecule has 1 fully saturated rings. The molecule has 1 aliphatic rings. The zero-order valence-electron chi connectivity index (χ0n) is 15.9. The van der Waals surface area contributed by atoms with Gasteiger partial charge in [-0.1, -0.05) is 46.8 Å². The Kier molecular flexibility index (Phi) is 7.86. The summed E-state index contributed by atoms with van der Waals surface area (Å²) in [6.07, 6.45) is 2.49. The van der Waals surface area contributed by atoms with Gasteiger partial charge >= 0.3 is 0 Å². The lowest BCUT2D eigenvalue weighted by atomic mass is 9.97. The number of halogens is 2. The predicted molar refractivity (Wildman–Crippen MR) is 118 cm³/mol. The van der Waals surface area contributed by atoms with Crippen LogP contribution in [0.5, 0.6) is 0 Å². The summed E-state index contributed by atoms with van der Waals surface area (Å²) in [5.41, 5.74) is -0.0413. The number of hydrogen-bond acceptors (Lipinski definition) is 7. The van der Waals surface area contributed by atoms with Crippen molar-refractivity contribution >= 4 is 55.8 Å². The number of carbonyl (C=O) groups is 1. The highest BCUT2D eigenvalue weighted by molar-refractivity contribution is 8.01. The van der Waals surface area contributed by atoms with Crippen LogP contribution in [0.2, 0.25) is 5.02 Å². The molecule has 162 valence electrons. The molecule has 1 aliphatic heterocycles. The molecule has 0 unspecified atom stereocenters. The van der Waals surface area contributed by atoms with Gasteiger partial charge in [-0.05, 0) is 25.0 Å². The smallest absolute Gasteiger partial charge is 0.229 e. The fourth-order valence-electron chi connectivity index (χ4n) is 3.00. The highest BCUT2D eigenvalue weighted by atomic mass is 35.5. The maximum Gasteiger partial charge on any atom is 0.229 e. The fourth-order valence-corrected chi connectivity index (χ4v) is 6.43. The van der Waals surface area contributed by atoms with Crippen molar-refractivity contribution in [3.63, 3.8) is 0 Å². The van der Waals surface area contributed by atoms with Crippen LogP contribution in [0.3, 0.4) is 0 Å². The third-order valence-electron chi connectivity index (χ3n) is 4.57. The van der Waals surface area contributed by atoms with Crippen LogP contribution >= 0.6 is 34.7 Å². The van der Waals surface area contributed by atoms with Gasteiger partial charge in [0.25, 0.3) is 0 Å². The van der Waals surface area contributed by atoms with E-state index >= 15 is 0 Å². The number of anilines is 1. The summed E-state index contributed by atoms with van der Waals surface area (Å²) in [6, 6.07) is 4.07. The van der Waals surface area contributed by atoms with Gasteiger partial charge in [-0.3, -0.25) is 4.79 Å². The van der Waals surface area contributed by atoms with Gasteiger partial charge in [0, 0.05) is 35.3 Å². The van der Waals surface area contributed by atoms with E-state index in [4.69, 9.17) is 11.6 Å². The van der Waals surface area contributed by atoms with Gasteiger partial charge in [0.1, 0.15) is 5.82 Å². The van der Waals surface area contributed by atoms with E-state index in [1.165, 1.54) is 45.6 Å². The Balaban J connectivity index is 1.55. The van der Waals surface area contributed by atoms with Crippen molar-refractivity contribution in [1.29, 1.82) is 0 Å². The summed E-state index contributed by atoms with van der Waals surface area (Å²) < 4.78 is 41.4. The second-order valence-electron chi connectivity index (χ2n) is 6.59. The van der Waals surface area contributed by atoms with Crippen molar-refractivity contribution in [2.45, 2.75) is 22.9 Å². The molecular formula is C18H20ClFN4O3S3. The first-order valence-corrected chi connectivity index (χ1v) is 12.9. The van der Waals surface area contributed by atoms with Gasteiger partial charge in [-0.25, -0.2) is 17.1 Å². The number of nitrogens with zero attached hydrogens (tertiary/aromatic N) is 3. The summed E-state index contributed by atoms with van der Waals surface area (Å²) in [4.78, 5) is 12.5. The molecule has 0 saturated carbocycles. The number of amides is 1. The van der Waals surface area contributed by atoms with E-state index < -0.39 is 21.6 Å². The maximum absolute atomic E-state index is 14.0. The molecule has 1 aromatic heterocycles. The maximum atomic E-state index is 14.0. The average molecular weight is 491 g/mol. The highest BCUT2D eigenvalue weighted by Crippen LogP contribution is 2.28. The van der Waals surface area contributed by atoms with E-state index in [-0.39, 0.29) is 35.5 Å². The van der Waals surface area contributed by atoms with E-state index in [1.54, 1.807) is 6.08 Å². The number of hydrogen-bond donors (Lipinski definition) is 1. The van der Waals surface area contributed by atoms with Gasteiger partial charge in [0.15, 0.2) is 4.34 Å². The molecular weight excluding hydrogens is 471 g/mol. The zero-order chi connectivity index (χ0) is 21.7. The van der Waals surface area contributed by atoms with Gasteiger partial charge in [0.05, 0.1) is 5.75 Å². The summed E-state index contributed by atoms with van der Waals surface area (Å²) in [6.45, 7) is 4.01. The molecule has 2 aromatic rings. The number of thioether (sulfide) groups is 1. The first kappa shape index (κ1) is 23.1. The molecule has 0 atom stereocenters. The summed E-state index contributed by atoms with van der Waals surface area (Å²) >= 11 is 8.71.